The van der Waals surface area contributed by atoms with E-state index >= 15 is 0 Å². The summed E-state index contributed by atoms with van der Waals surface area (Å²) in [5.74, 6) is -4.37. The normalized spacial score (nSPS) is 5.67. The second-order valence-corrected chi connectivity index (χ2v) is 0.825. The summed E-state index contributed by atoms with van der Waals surface area (Å²) < 4.78 is 0. The summed E-state index contributed by atoms with van der Waals surface area (Å²) in [4.78, 5) is 26.2. The average Bonchev–Trinajstić information content (AvgIpc) is 1.63. The van der Waals surface area contributed by atoms with E-state index in [0.717, 1.165) is 0 Å². The Morgan fingerprint density at radius 1 is 0.750 bits per heavy atom. The summed E-state index contributed by atoms with van der Waals surface area (Å²) in [6.45, 7) is 0. The van der Waals surface area contributed by atoms with Gasteiger partial charge in [0.05, 0.1) is 11.9 Å². The summed E-state index contributed by atoms with van der Waals surface area (Å²) >= 11 is 0. The molecule has 0 heterocycles. The van der Waals surface area contributed by atoms with E-state index in [-0.39, 0.29) is 47.2 Å². The van der Waals surface area contributed by atoms with Gasteiger partial charge in [-0.05, 0) is 6.16 Å². The molecule has 2 N–H and O–H groups in total. The van der Waals surface area contributed by atoms with Crippen LogP contribution in [0.3, 0.4) is 0 Å². The fraction of sp³-hybridized carbons (Fsp3) is 0. The van der Waals surface area contributed by atoms with E-state index in [1.807, 2.05) is 0 Å². The molecule has 0 spiro atoms. The van der Waals surface area contributed by atoms with E-state index in [9.17, 15) is 0 Å². The quantitative estimate of drug-likeness (QED) is 0.399. The Kier molecular flexibility index (Phi) is 24.7. The predicted molar refractivity (Wildman–Crippen MR) is 19.0 cm³/mol. The van der Waals surface area contributed by atoms with Gasteiger partial charge in [0, 0.05) is 0 Å². The molecule has 0 fully saturated rings. The van der Waals surface area contributed by atoms with Crippen molar-refractivity contribution in [3.63, 3.8) is 0 Å². The van der Waals surface area contributed by atoms with Gasteiger partial charge in [0.1, 0.15) is 0 Å². The van der Waals surface area contributed by atoms with Crippen LogP contribution in [0.2, 0.25) is 0 Å². The molecule has 9 heteroatoms. The first-order valence-electron chi connectivity index (χ1n) is 1.68. The molecule has 0 aromatic carbocycles. The van der Waals surface area contributed by atoms with Crippen LogP contribution in [-0.4, -0.2) is 23.6 Å². The summed E-state index contributed by atoms with van der Waals surface area (Å²) in [5, 5.41) is 34.5. The van der Waals surface area contributed by atoms with Crippen LogP contribution in [0.5, 0.6) is 0 Å². The first-order valence-corrected chi connectivity index (χ1v) is 1.68. The topological polar surface area (TPSA) is 175 Å². The molecule has 0 aliphatic carbocycles. The van der Waals surface area contributed by atoms with Crippen LogP contribution in [0.1, 0.15) is 0 Å². The van der Waals surface area contributed by atoms with Gasteiger partial charge in [0.15, 0.2) is 0 Å². The van der Waals surface area contributed by atoms with Gasteiger partial charge in [-0.25, -0.2) is 0 Å². The second kappa shape index (κ2) is 13.2. The Morgan fingerprint density at radius 2 is 0.833 bits per heavy atom. The molecule has 0 aliphatic heterocycles. The van der Waals surface area contributed by atoms with E-state index in [2.05, 4.69) is 0 Å². The first kappa shape index (κ1) is 22.6. The second-order valence-electron chi connectivity index (χ2n) is 0.825. The molecule has 0 radical (unpaired) electrons. The van der Waals surface area contributed by atoms with Crippen molar-refractivity contribution in [3.8, 4) is 0 Å². The molecule has 0 rings (SSSR count). The predicted octanol–water partition coefficient (Wildman–Crippen LogP) is -6.79. The minimum Gasteiger partial charge on any atom is -0.652 e. The maximum Gasteiger partial charge on any atom is 4.00 e. The average molecular weight is 306 g/mol. The zero-order valence-electron chi connectivity index (χ0n) is 5.36. The number of carbonyl (C=O) groups excluding carboxylic acids is 3. The van der Waals surface area contributed by atoms with Crippen molar-refractivity contribution in [1.82, 2.24) is 0 Å². The van der Waals surface area contributed by atoms with Crippen LogP contribution in [0.15, 0.2) is 0 Å². The third kappa shape index (κ3) is 55.4. The Balaban J connectivity index is -0.0000000483. The Morgan fingerprint density at radius 3 is 0.833 bits per heavy atom. The van der Waals surface area contributed by atoms with E-state index < -0.39 is 18.1 Å². The van der Waals surface area contributed by atoms with Gasteiger partial charge in [0.25, 0.3) is 0 Å². The number of carbonyl (C=O) groups is 3. The molecule has 8 nitrogen and oxygen atoms in total. The molecule has 0 atom stereocenters. The van der Waals surface area contributed by atoms with Gasteiger partial charge in [0.2, 0.25) is 0 Å². The van der Waals surface area contributed by atoms with Gasteiger partial charge in [-0.3, -0.25) is 0 Å². The smallest absolute Gasteiger partial charge is 0.652 e. The van der Waals surface area contributed by atoms with Crippen molar-refractivity contribution in [2.24, 2.45) is 0 Å². The van der Waals surface area contributed by atoms with Crippen molar-refractivity contribution in [1.29, 1.82) is 0 Å². The number of carboxylic acids is 2. The fourth-order valence-corrected chi connectivity index (χ4v) is 0. The molecule has 12 heavy (non-hydrogen) atoms. The summed E-state index contributed by atoms with van der Waals surface area (Å²) in [7, 11) is 0. The first-order chi connectivity index (χ1) is 4.37. The number of hydrogen-bond donors (Lipinski definition) is 0. The molecule has 0 unspecified atom stereocenters. The minimum absolute atomic E-state index is 0. The third-order valence-corrected chi connectivity index (χ3v) is 0.167. The zero-order chi connectivity index (χ0) is 8.73. The molecule has 0 amide bonds. The minimum atomic E-state index is -2.33. The molecular formula is C3H2CeO8. The van der Waals surface area contributed by atoms with Crippen molar-refractivity contribution >= 4 is 18.1 Å². The van der Waals surface area contributed by atoms with E-state index in [1.54, 1.807) is 0 Å². The third-order valence-electron chi connectivity index (χ3n) is 0.167. The van der Waals surface area contributed by atoms with Crippen LogP contribution in [-0.2, 0) is 9.59 Å². The Hall–Kier alpha value is -0.453. The molecule has 0 saturated carbocycles. The largest absolute Gasteiger partial charge is 4.00 e. The van der Waals surface area contributed by atoms with Gasteiger partial charge < -0.3 is 40.3 Å². The molecule has 0 aromatic rings. The van der Waals surface area contributed by atoms with E-state index in [4.69, 9.17) is 34.8 Å². The molecular weight excluding hydrogens is 304 g/mol. The maximum atomic E-state index is 8.93. The molecule has 0 aromatic heterocycles. The molecule has 0 saturated heterocycles. The van der Waals surface area contributed by atoms with Crippen molar-refractivity contribution < 1.29 is 82.0 Å². The Labute approximate surface area is 99.5 Å². The monoisotopic (exact) mass is 306 g/mol. The van der Waals surface area contributed by atoms with Crippen LogP contribution < -0.4 is 20.4 Å². The van der Waals surface area contributed by atoms with Gasteiger partial charge in [-0.1, -0.05) is 0 Å². The van der Waals surface area contributed by atoms with Crippen molar-refractivity contribution in [3.05, 3.63) is 0 Å². The van der Waals surface area contributed by atoms with Crippen LogP contribution >= 0.6 is 0 Å². The zero-order valence-corrected chi connectivity index (χ0v) is 8.50. The summed E-state index contributed by atoms with van der Waals surface area (Å²) in [6.07, 6.45) is -2.33. The van der Waals surface area contributed by atoms with Crippen molar-refractivity contribution in [2.45, 2.75) is 0 Å². The standard InChI is InChI=1S/C2H2O4.CH2O3.Ce.H2O/c3-1(4)2(5)6;2-1(3)4;;/h(H,3,4)(H,5,6);(H2,2,3,4);;1H2/q;;+4;/p-4. The van der Waals surface area contributed by atoms with Crippen LogP contribution in [0.4, 0.5) is 4.79 Å². The van der Waals surface area contributed by atoms with Gasteiger partial charge in [-0.15, -0.1) is 0 Å². The van der Waals surface area contributed by atoms with Gasteiger partial charge >= 0.3 is 41.7 Å². The van der Waals surface area contributed by atoms with E-state index in [0.29, 0.717) is 0 Å². The van der Waals surface area contributed by atoms with E-state index in [1.165, 1.54) is 0 Å². The summed E-state index contributed by atoms with van der Waals surface area (Å²) in [5.41, 5.74) is 0. The molecule has 0 bridgehead atoms. The Bertz CT molecular complexity index is 136. The molecule has 66 valence electrons. The number of rotatable bonds is 0. The SMILES string of the molecule is O.O=C([O-])C(=O)[O-].O=C([O-])[O-].[Ce+4]. The van der Waals surface area contributed by atoms with Crippen LogP contribution in [0, 0.1) is 41.7 Å². The van der Waals surface area contributed by atoms with Crippen LogP contribution in [0.25, 0.3) is 0 Å². The van der Waals surface area contributed by atoms with Crippen molar-refractivity contribution in [2.75, 3.05) is 0 Å². The number of hydrogen-bond acceptors (Lipinski definition) is 7. The fourth-order valence-electron chi connectivity index (χ4n) is 0. The summed E-state index contributed by atoms with van der Waals surface area (Å²) in [6, 6.07) is 0. The maximum absolute atomic E-state index is 8.93. The number of aliphatic carboxylic acids is 2. The van der Waals surface area contributed by atoms with Gasteiger partial charge in [-0.2, -0.15) is 0 Å². The number of carboxylic acid groups (broad SMARTS) is 4. The molecule has 0 aliphatic rings.